The molecular formula is C27H28F3N7O6S. The van der Waals surface area contributed by atoms with Crippen molar-refractivity contribution in [1.82, 2.24) is 30.7 Å². The molecule has 4 amide bonds. The number of carbonyl (C=O) groups is 4. The van der Waals surface area contributed by atoms with Crippen LogP contribution in [0.15, 0.2) is 36.0 Å². The van der Waals surface area contributed by atoms with Gasteiger partial charge in [-0.05, 0) is 44.5 Å². The van der Waals surface area contributed by atoms with Gasteiger partial charge >= 0.3 is 12.3 Å². The fourth-order valence-corrected chi connectivity index (χ4v) is 4.84. The summed E-state index contributed by atoms with van der Waals surface area (Å²) in [5.74, 6) is -1.91. The Labute approximate surface area is 253 Å². The van der Waals surface area contributed by atoms with Crippen LogP contribution in [0.5, 0.6) is 0 Å². The SMILES string of the molecule is CC(=O)Nc1cc(-c2nc(C(F)(F)F)cs2)c(-c2ccnc(C(=O)NNC(=O)[C@H]3COCCN3C(=O)OC(C)(C)C)c2)cn1. The summed E-state index contributed by atoms with van der Waals surface area (Å²) in [6.07, 6.45) is -2.76. The van der Waals surface area contributed by atoms with E-state index in [0.29, 0.717) is 11.1 Å². The number of alkyl halides is 3. The second kappa shape index (κ2) is 12.9. The molecule has 0 spiro atoms. The molecule has 0 unspecified atom stereocenters. The number of nitrogens with one attached hydrogen (secondary N) is 3. The normalized spacial score (nSPS) is 15.3. The molecule has 0 aliphatic carbocycles. The summed E-state index contributed by atoms with van der Waals surface area (Å²) in [5.41, 5.74) is 3.34. The summed E-state index contributed by atoms with van der Waals surface area (Å²) in [7, 11) is 0. The van der Waals surface area contributed by atoms with Crippen molar-refractivity contribution >= 4 is 41.0 Å². The first kappa shape index (κ1) is 32.3. The first-order valence-electron chi connectivity index (χ1n) is 13.1. The van der Waals surface area contributed by atoms with Crippen molar-refractivity contribution in [3.63, 3.8) is 0 Å². The lowest BCUT2D eigenvalue weighted by atomic mass is 10.0. The van der Waals surface area contributed by atoms with Crippen molar-refractivity contribution in [3.8, 4) is 21.7 Å². The number of anilines is 1. The van der Waals surface area contributed by atoms with Crippen LogP contribution in [-0.4, -0.2) is 75.1 Å². The quantitative estimate of drug-likeness (QED) is 0.355. The highest BCUT2D eigenvalue weighted by molar-refractivity contribution is 7.13. The van der Waals surface area contributed by atoms with Crippen molar-refractivity contribution < 1.29 is 41.8 Å². The summed E-state index contributed by atoms with van der Waals surface area (Å²) in [5, 5.41) is 3.35. The van der Waals surface area contributed by atoms with E-state index < -0.39 is 47.3 Å². The standard InChI is InChI=1S/C27H28F3N7O6S/c1-14(38)33-21-10-16(24-34-20(13-44-24)27(28,29)30)17(11-32-21)15-5-6-31-18(9-15)22(39)35-36-23(40)19-12-42-8-7-37(19)25(41)43-26(2,3)4/h5-6,9-11,13,19H,7-8,12H2,1-4H3,(H,35,39)(H,36,40)(H,32,33,38)/t19-/m1/s1. The van der Waals surface area contributed by atoms with E-state index in [1.807, 2.05) is 0 Å². The zero-order chi connectivity index (χ0) is 32.2. The first-order chi connectivity index (χ1) is 20.6. The molecule has 0 aromatic carbocycles. The summed E-state index contributed by atoms with van der Waals surface area (Å²) in [6, 6.07) is 3.15. The van der Waals surface area contributed by atoms with Crippen molar-refractivity contribution in [2.75, 3.05) is 25.1 Å². The van der Waals surface area contributed by atoms with Crippen LogP contribution in [0.3, 0.4) is 0 Å². The van der Waals surface area contributed by atoms with Crippen LogP contribution in [0.4, 0.5) is 23.8 Å². The fourth-order valence-electron chi connectivity index (χ4n) is 3.99. The second-order valence-corrected chi connectivity index (χ2v) is 11.3. The van der Waals surface area contributed by atoms with Crippen LogP contribution in [0.2, 0.25) is 0 Å². The molecule has 3 aromatic heterocycles. The minimum absolute atomic E-state index is 0.000599. The number of rotatable bonds is 5. The van der Waals surface area contributed by atoms with E-state index in [2.05, 4.69) is 31.1 Å². The smallest absolute Gasteiger partial charge is 0.434 e. The average molecular weight is 636 g/mol. The molecule has 234 valence electrons. The summed E-state index contributed by atoms with van der Waals surface area (Å²) in [6.45, 7) is 6.51. The molecule has 1 saturated heterocycles. The maximum atomic E-state index is 13.3. The van der Waals surface area contributed by atoms with E-state index in [1.54, 1.807) is 20.8 Å². The molecule has 0 bridgehead atoms. The number of morpholine rings is 1. The largest absolute Gasteiger partial charge is 0.444 e. The van der Waals surface area contributed by atoms with E-state index in [-0.39, 0.29) is 41.8 Å². The lowest BCUT2D eigenvalue weighted by Crippen LogP contribution is -2.59. The van der Waals surface area contributed by atoms with Gasteiger partial charge in [0.05, 0.1) is 13.2 Å². The van der Waals surface area contributed by atoms with Crippen molar-refractivity contribution in [3.05, 3.63) is 47.4 Å². The van der Waals surface area contributed by atoms with Gasteiger partial charge in [-0.15, -0.1) is 11.3 Å². The fraction of sp³-hybridized carbons (Fsp3) is 0.370. The third kappa shape index (κ3) is 8.04. The van der Waals surface area contributed by atoms with Crippen LogP contribution in [0, 0.1) is 0 Å². The monoisotopic (exact) mass is 635 g/mol. The van der Waals surface area contributed by atoms with Crippen LogP contribution in [0.1, 0.15) is 43.9 Å². The maximum absolute atomic E-state index is 13.3. The number of halogens is 3. The number of pyridine rings is 2. The predicted octanol–water partition coefficient (Wildman–Crippen LogP) is 3.64. The topological polar surface area (TPSA) is 165 Å². The molecule has 13 nitrogen and oxygen atoms in total. The third-order valence-corrected chi connectivity index (χ3v) is 6.77. The Morgan fingerprint density at radius 1 is 1.09 bits per heavy atom. The van der Waals surface area contributed by atoms with Gasteiger partial charge in [0.2, 0.25) is 5.91 Å². The van der Waals surface area contributed by atoms with Crippen molar-refractivity contribution in [2.24, 2.45) is 0 Å². The molecule has 3 N–H and O–H groups in total. The molecule has 0 radical (unpaired) electrons. The predicted molar refractivity (Wildman–Crippen MR) is 151 cm³/mol. The number of carbonyl (C=O) groups excluding carboxylic acids is 4. The van der Waals surface area contributed by atoms with Crippen molar-refractivity contribution in [1.29, 1.82) is 0 Å². The number of aromatic nitrogens is 3. The van der Waals surface area contributed by atoms with Gasteiger partial charge in [0.1, 0.15) is 28.2 Å². The molecule has 1 aliphatic rings. The number of thiazole rings is 1. The van der Waals surface area contributed by atoms with Crippen LogP contribution < -0.4 is 16.2 Å². The highest BCUT2D eigenvalue weighted by Gasteiger charge is 2.36. The zero-order valence-corrected chi connectivity index (χ0v) is 24.8. The Morgan fingerprint density at radius 2 is 1.84 bits per heavy atom. The van der Waals surface area contributed by atoms with Gasteiger partial charge in [0.15, 0.2) is 5.69 Å². The molecular weight excluding hydrogens is 607 g/mol. The zero-order valence-electron chi connectivity index (χ0n) is 23.9. The molecule has 17 heteroatoms. The number of ether oxygens (including phenoxy) is 2. The van der Waals surface area contributed by atoms with E-state index in [0.717, 1.165) is 16.7 Å². The number of amides is 4. The van der Waals surface area contributed by atoms with Crippen LogP contribution in [0.25, 0.3) is 21.7 Å². The van der Waals surface area contributed by atoms with E-state index in [4.69, 9.17) is 9.47 Å². The van der Waals surface area contributed by atoms with E-state index in [9.17, 15) is 32.3 Å². The first-order valence-corrected chi connectivity index (χ1v) is 13.9. The lowest BCUT2D eigenvalue weighted by molar-refractivity contribution is -0.140. The molecule has 4 rings (SSSR count). The van der Waals surface area contributed by atoms with Gasteiger partial charge < -0.3 is 14.8 Å². The highest BCUT2D eigenvalue weighted by Crippen LogP contribution is 2.38. The van der Waals surface area contributed by atoms with E-state index >= 15 is 0 Å². The van der Waals surface area contributed by atoms with Gasteiger partial charge in [-0.25, -0.2) is 14.8 Å². The Morgan fingerprint density at radius 3 is 2.50 bits per heavy atom. The second-order valence-electron chi connectivity index (χ2n) is 10.5. The summed E-state index contributed by atoms with van der Waals surface area (Å²) < 4.78 is 50.5. The Balaban J connectivity index is 1.55. The van der Waals surface area contributed by atoms with Gasteiger partial charge in [-0.3, -0.25) is 35.1 Å². The van der Waals surface area contributed by atoms with Gasteiger partial charge in [0.25, 0.3) is 11.8 Å². The molecule has 1 aliphatic heterocycles. The summed E-state index contributed by atoms with van der Waals surface area (Å²) >= 11 is 0.745. The minimum atomic E-state index is -4.66. The number of hydrogen-bond acceptors (Lipinski definition) is 10. The molecule has 0 saturated carbocycles. The van der Waals surface area contributed by atoms with Crippen molar-refractivity contribution in [2.45, 2.75) is 45.5 Å². The Hall–Kier alpha value is -4.64. The average Bonchev–Trinajstić information content (AvgIpc) is 3.46. The summed E-state index contributed by atoms with van der Waals surface area (Å²) in [4.78, 5) is 63.1. The molecule has 44 heavy (non-hydrogen) atoms. The van der Waals surface area contributed by atoms with Gasteiger partial charge in [-0.1, -0.05) is 0 Å². The lowest BCUT2D eigenvalue weighted by Gasteiger charge is -2.35. The molecule has 1 fully saturated rings. The number of nitrogens with zero attached hydrogens (tertiary/aromatic N) is 4. The van der Waals surface area contributed by atoms with Crippen LogP contribution >= 0.6 is 11.3 Å². The van der Waals surface area contributed by atoms with Crippen LogP contribution in [-0.2, 0) is 25.2 Å². The highest BCUT2D eigenvalue weighted by atomic mass is 32.1. The van der Waals surface area contributed by atoms with Gasteiger partial charge in [0, 0.05) is 42.4 Å². The number of hydrazine groups is 1. The minimum Gasteiger partial charge on any atom is -0.444 e. The molecule has 4 heterocycles. The molecule has 3 aromatic rings. The third-order valence-electron chi connectivity index (χ3n) is 5.90. The molecule has 1 atom stereocenters. The Bertz CT molecular complexity index is 1570. The van der Waals surface area contributed by atoms with Gasteiger partial charge in [-0.2, -0.15) is 13.2 Å². The maximum Gasteiger partial charge on any atom is 0.434 e. The Kier molecular flexibility index (Phi) is 9.48. The number of hydrogen-bond donors (Lipinski definition) is 3. The van der Waals surface area contributed by atoms with E-state index in [1.165, 1.54) is 42.4 Å².